The van der Waals surface area contributed by atoms with Gasteiger partial charge in [0.05, 0.1) is 12.2 Å². The number of urea groups is 1. The second-order valence-electron chi connectivity index (χ2n) is 5.82. The molecule has 2 rings (SSSR count). The zero-order chi connectivity index (χ0) is 16.3. The molecule has 5 nitrogen and oxygen atoms in total. The molecule has 1 aliphatic heterocycles. The van der Waals surface area contributed by atoms with Crippen molar-refractivity contribution in [2.75, 3.05) is 19.6 Å². The number of amides is 2. The quantitative estimate of drug-likeness (QED) is 0.931. The minimum absolute atomic E-state index is 0.339. The standard InChI is InChI=1S/C14H21F3N4O/c1-10(14(15,16)17)7-19-13(22)21-5-3-11(4-6-21)12-8-18-9-20(12)2/h8-11H,3-7H2,1-2H3,(H,19,22). The van der Waals surface area contributed by atoms with Crippen molar-refractivity contribution in [3.05, 3.63) is 18.2 Å². The summed E-state index contributed by atoms with van der Waals surface area (Å²) in [5.41, 5.74) is 1.13. The maximum absolute atomic E-state index is 12.4. The third-order valence-corrected chi connectivity index (χ3v) is 4.17. The van der Waals surface area contributed by atoms with Crippen molar-refractivity contribution < 1.29 is 18.0 Å². The van der Waals surface area contributed by atoms with E-state index in [4.69, 9.17) is 0 Å². The van der Waals surface area contributed by atoms with Crippen LogP contribution in [-0.4, -0.2) is 46.3 Å². The van der Waals surface area contributed by atoms with Crippen molar-refractivity contribution in [1.82, 2.24) is 19.8 Å². The van der Waals surface area contributed by atoms with Gasteiger partial charge < -0.3 is 14.8 Å². The Kier molecular flexibility index (Phi) is 4.97. The largest absolute Gasteiger partial charge is 0.393 e. The van der Waals surface area contributed by atoms with Crippen molar-refractivity contribution in [1.29, 1.82) is 0 Å². The first-order chi connectivity index (χ1) is 10.3. The summed E-state index contributed by atoms with van der Waals surface area (Å²) in [5.74, 6) is -1.20. The molecule has 0 spiro atoms. The first kappa shape index (κ1) is 16.6. The number of carbonyl (C=O) groups excluding carboxylic acids is 1. The van der Waals surface area contributed by atoms with Gasteiger partial charge in [-0.1, -0.05) is 6.92 Å². The van der Waals surface area contributed by atoms with Crippen LogP contribution in [0.5, 0.6) is 0 Å². The van der Waals surface area contributed by atoms with Crippen LogP contribution in [0.25, 0.3) is 0 Å². The summed E-state index contributed by atoms with van der Waals surface area (Å²) in [5, 5.41) is 2.37. The maximum atomic E-state index is 12.4. The minimum atomic E-state index is -4.28. The maximum Gasteiger partial charge on any atom is 0.393 e. The van der Waals surface area contributed by atoms with Gasteiger partial charge in [-0.3, -0.25) is 0 Å². The van der Waals surface area contributed by atoms with E-state index in [1.54, 1.807) is 11.2 Å². The van der Waals surface area contributed by atoms with E-state index in [2.05, 4.69) is 10.3 Å². The number of imidazole rings is 1. The molecule has 124 valence electrons. The third-order valence-electron chi connectivity index (χ3n) is 4.17. The first-order valence-electron chi connectivity index (χ1n) is 7.34. The fourth-order valence-corrected chi connectivity index (χ4v) is 2.61. The SMILES string of the molecule is CC(CNC(=O)N1CCC(c2cncn2C)CC1)C(F)(F)F. The van der Waals surface area contributed by atoms with E-state index < -0.39 is 18.1 Å². The van der Waals surface area contributed by atoms with Crippen molar-refractivity contribution in [3.63, 3.8) is 0 Å². The molecule has 0 aliphatic carbocycles. The van der Waals surface area contributed by atoms with Crippen molar-refractivity contribution >= 4 is 6.03 Å². The zero-order valence-electron chi connectivity index (χ0n) is 12.7. The van der Waals surface area contributed by atoms with E-state index in [9.17, 15) is 18.0 Å². The predicted molar refractivity (Wildman–Crippen MR) is 75.4 cm³/mol. The molecule has 1 saturated heterocycles. The van der Waals surface area contributed by atoms with E-state index in [1.165, 1.54) is 0 Å². The summed E-state index contributed by atoms with van der Waals surface area (Å²) in [7, 11) is 1.93. The lowest BCUT2D eigenvalue weighted by atomic mass is 9.94. The molecule has 1 aromatic rings. The molecule has 2 heterocycles. The number of alkyl halides is 3. The summed E-state index contributed by atoms with van der Waals surface area (Å²) in [6, 6.07) is -0.417. The average molecular weight is 318 g/mol. The molecule has 1 aliphatic rings. The molecule has 0 radical (unpaired) electrons. The fraction of sp³-hybridized carbons (Fsp3) is 0.714. The predicted octanol–water partition coefficient (Wildman–Crippen LogP) is 2.51. The molecular formula is C14H21F3N4O. The number of hydrogen-bond donors (Lipinski definition) is 1. The van der Waals surface area contributed by atoms with E-state index in [0.717, 1.165) is 25.5 Å². The van der Waals surface area contributed by atoms with Crippen LogP contribution in [0.2, 0.25) is 0 Å². The van der Waals surface area contributed by atoms with Crippen LogP contribution in [0.15, 0.2) is 12.5 Å². The molecule has 22 heavy (non-hydrogen) atoms. The molecular weight excluding hydrogens is 297 g/mol. The Morgan fingerprint density at radius 3 is 2.59 bits per heavy atom. The lowest BCUT2D eigenvalue weighted by Crippen LogP contribution is -2.46. The van der Waals surface area contributed by atoms with Gasteiger partial charge in [-0.25, -0.2) is 9.78 Å². The summed E-state index contributed by atoms with van der Waals surface area (Å²) < 4.78 is 39.2. The van der Waals surface area contributed by atoms with Gasteiger partial charge in [0, 0.05) is 44.5 Å². The number of piperidine rings is 1. The Morgan fingerprint density at radius 2 is 2.09 bits per heavy atom. The second-order valence-corrected chi connectivity index (χ2v) is 5.82. The zero-order valence-corrected chi connectivity index (χ0v) is 12.7. The molecule has 1 aromatic heterocycles. The monoisotopic (exact) mass is 318 g/mol. The number of aromatic nitrogens is 2. The number of hydrogen-bond acceptors (Lipinski definition) is 2. The van der Waals surface area contributed by atoms with E-state index >= 15 is 0 Å². The Bertz CT molecular complexity index is 506. The van der Waals surface area contributed by atoms with Crippen molar-refractivity contribution in [2.45, 2.75) is 31.9 Å². The van der Waals surface area contributed by atoms with Crippen LogP contribution in [-0.2, 0) is 7.05 Å². The van der Waals surface area contributed by atoms with Gasteiger partial charge in [0.1, 0.15) is 0 Å². The van der Waals surface area contributed by atoms with E-state index in [-0.39, 0.29) is 6.54 Å². The number of nitrogens with one attached hydrogen (secondary N) is 1. The number of nitrogens with zero attached hydrogens (tertiary/aromatic N) is 3. The molecule has 0 bridgehead atoms. The Labute approximate surface area is 127 Å². The van der Waals surface area contributed by atoms with Crippen LogP contribution < -0.4 is 5.32 Å². The van der Waals surface area contributed by atoms with Gasteiger partial charge in [0.25, 0.3) is 0 Å². The highest BCUT2D eigenvalue weighted by molar-refractivity contribution is 5.74. The van der Waals surface area contributed by atoms with E-state index in [1.807, 2.05) is 17.8 Å². The van der Waals surface area contributed by atoms with Crippen LogP contribution in [0.3, 0.4) is 0 Å². The van der Waals surface area contributed by atoms with Gasteiger partial charge in [-0.05, 0) is 12.8 Å². The molecule has 0 aromatic carbocycles. The minimum Gasteiger partial charge on any atom is -0.337 e. The molecule has 2 amide bonds. The third kappa shape index (κ3) is 3.92. The molecule has 1 fully saturated rings. The normalized spacial score (nSPS) is 18.3. The summed E-state index contributed by atoms with van der Waals surface area (Å²) >= 11 is 0. The number of rotatable bonds is 3. The number of aryl methyl sites for hydroxylation is 1. The molecule has 1 atom stereocenters. The average Bonchev–Trinajstić information content (AvgIpc) is 2.89. The van der Waals surface area contributed by atoms with Crippen LogP contribution >= 0.6 is 0 Å². The highest BCUT2D eigenvalue weighted by Gasteiger charge is 2.36. The molecule has 1 N–H and O–H groups in total. The fourth-order valence-electron chi connectivity index (χ4n) is 2.61. The lowest BCUT2D eigenvalue weighted by molar-refractivity contribution is -0.167. The highest BCUT2D eigenvalue weighted by atomic mass is 19.4. The number of likely N-dealkylation sites (tertiary alicyclic amines) is 1. The first-order valence-corrected chi connectivity index (χ1v) is 7.34. The Morgan fingerprint density at radius 1 is 1.45 bits per heavy atom. The van der Waals surface area contributed by atoms with Gasteiger partial charge in [0.2, 0.25) is 0 Å². The summed E-state index contributed by atoms with van der Waals surface area (Å²) in [6.07, 6.45) is 0.877. The van der Waals surface area contributed by atoms with Crippen LogP contribution in [0, 0.1) is 5.92 Å². The molecule has 0 saturated carbocycles. The highest BCUT2D eigenvalue weighted by Crippen LogP contribution is 2.28. The number of carbonyl (C=O) groups is 1. The lowest BCUT2D eigenvalue weighted by Gasteiger charge is -2.32. The summed E-state index contributed by atoms with van der Waals surface area (Å²) in [6.45, 7) is 1.77. The van der Waals surface area contributed by atoms with Crippen molar-refractivity contribution in [3.8, 4) is 0 Å². The molecule has 8 heteroatoms. The van der Waals surface area contributed by atoms with Crippen LogP contribution in [0.4, 0.5) is 18.0 Å². The Hall–Kier alpha value is -1.73. The topological polar surface area (TPSA) is 50.2 Å². The smallest absolute Gasteiger partial charge is 0.337 e. The van der Waals surface area contributed by atoms with Gasteiger partial charge in [-0.2, -0.15) is 13.2 Å². The van der Waals surface area contributed by atoms with Gasteiger partial charge >= 0.3 is 12.2 Å². The Balaban J connectivity index is 1.79. The van der Waals surface area contributed by atoms with Gasteiger partial charge in [-0.15, -0.1) is 0 Å². The molecule has 1 unspecified atom stereocenters. The number of halogens is 3. The van der Waals surface area contributed by atoms with Crippen molar-refractivity contribution in [2.24, 2.45) is 13.0 Å². The van der Waals surface area contributed by atoms with E-state index in [0.29, 0.717) is 19.0 Å². The second kappa shape index (κ2) is 6.58. The van der Waals surface area contributed by atoms with Crippen LogP contribution in [0.1, 0.15) is 31.4 Å². The van der Waals surface area contributed by atoms with Gasteiger partial charge in [0.15, 0.2) is 0 Å². The summed E-state index contributed by atoms with van der Waals surface area (Å²) in [4.78, 5) is 17.6.